The summed E-state index contributed by atoms with van der Waals surface area (Å²) in [4.78, 5) is 0. The smallest absolute Gasteiger partial charge is 0.310 e. The van der Waals surface area contributed by atoms with Crippen LogP contribution < -0.4 is 5.32 Å². The zero-order chi connectivity index (χ0) is 14.5. The maximum Gasteiger partial charge on any atom is 0.389 e. The van der Waals surface area contributed by atoms with Gasteiger partial charge in [0.25, 0.3) is 0 Å². The van der Waals surface area contributed by atoms with Crippen LogP contribution in [0.25, 0.3) is 0 Å². The Morgan fingerprint density at radius 1 is 1.16 bits per heavy atom. The third kappa shape index (κ3) is 6.52. The van der Waals surface area contributed by atoms with E-state index in [0.29, 0.717) is 18.5 Å². The third-order valence-corrected chi connectivity index (χ3v) is 2.74. The predicted octanol–water partition coefficient (Wildman–Crippen LogP) is 4.18. The Morgan fingerprint density at radius 2 is 1.84 bits per heavy atom. The molecule has 0 fully saturated rings. The average Bonchev–Trinajstić information content (AvgIpc) is 2.29. The van der Waals surface area contributed by atoms with E-state index < -0.39 is 24.2 Å². The first-order valence-corrected chi connectivity index (χ1v) is 6.02. The van der Waals surface area contributed by atoms with Crippen molar-refractivity contribution < 1.29 is 22.0 Å². The molecule has 0 aliphatic carbocycles. The molecule has 1 nitrogen and oxygen atoms in total. The van der Waals surface area contributed by atoms with E-state index in [0.717, 1.165) is 12.1 Å². The van der Waals surface area contributed by atoms with E-state index in [1.807, 2.05) is 0 Å². The highest BCUT2D eigenvalue weighted by Gasteiger charge is 2.26. The summed E-state index contributed by atoms with van der Waals surface area (Å²) >= 11 is 0. The van der Waals surface area contributed by atoms with Gasteiger partial charge in [0.2, 0.25) is 0 Å². The molecule has 0 aromatic heterocycles. The minimum Gasteiger partial charge on any atom is -0.310 e. The van der Waals surface area contributed by atoms with Crippen LogP contribution >= 0.6 is 0 Å². The monoisotopic (exact) mass is 281 g/mol. The summed E-state index contributed by atoms with van der Waals surface area (Å²) in [5.74, 6) is -1.84. The van der Waals surface area contributed by atoms with Gasteiger partial charge in [-0.25, -0.2) is 8.78 Å². The van der Waals surface area contributed by atoms with Crippen LogP contribution in [0.3, 0.4) is 0 Å². The molecule has 108 valence electrons. The molecule has 0 aliphatic rings. The molecule has 6 heteroatoms. The van der Waals surface area contributed by atoms with Crippen molar-refractivity contribution in [3.63, 3.8) is 0 Å². The van der Waals surface area contributed by atoms with Crippen molar-refractivity contribution in [2.45, 2.75) is 44.9 Å². The Labute approximate surface area is 108 Å². The second-order valence-electron chi connectivity index (χ2n) is 4.54. The third-order valence-electron chi connectivity index (χ3n) is 2.74. The zero-order valence-corrected chi connectivity index (χ0v) is 10.5. The first kappa shape index (κ1) is 15.9. The van der Waals surface area contributed by atoms with Crippen LogP contribution in [0.1, 0.15) is 31.7 Å². The molecule has 0 radical (unpaired) electrons. The molecule has 0 bridgehead atoms. The molecule has 1 N–H and O–H groups in total. The highest BCUT2D eigenvalue weighted by Crippen LogP contribution is 2.22. The first-order valence-electron chi connectivity index (χ1n) is 6.02. The van der Waals surface area contributed by atoms with Gasteiger partial charge in [0, 0.05) is 19.0 Å². The standard InChI is InChI=1S/C13H16F5N/c1-9(3-2-6-13(16,17)18)19-8-10-4-5-11(14)12(15)7-10/h4-5,7,9,19H,2-3,6,8H2,1H3. The summed E-state index contributed by atoms with van der Waals surface area (Å²) in [7, 11) is 0. The SMILES string of the molecule is CC(CCCC(F)(F)F)NCc1ccc(F)c(F)c1. The molecule has 1 aromatic rings. The lowest BCUT2D eigenvalue weighted by molar-refractivity contribution is -0.135. The summed E-state index contributed by atoms with van der Waals surface area (Å²) < 4.78 is 61.4. The van der Waals surface area contributed by atoms with Gasteiger partial charge in [-0.15, -0.1) is 0 Å². The minimum absolute atomic E-state index is 0.0510. The van der Waals surface area contributed by atoms with Gasteiger partial charge in [-0.3, -0.25) is 0 Å². The molecule has 1 aromatic carbocycles. The topological polar surface area (TPSA) is 12.0 Å². The average molecular weight is 281 g/mol. The number of hydrogen-bond donors (Lipinski definition) is 1. The highest BCUT2D eigenvalue weighted by atomic mass is 19.4. The van der Waals surface area contributed by atoms with Gasteiger partial charge in [0.1, 0.15) is 0 Å². The lowest BCUT2D eigenvalue weighted by Gasteiger charge is -2.14. The van der Waals surface area contributed by atoms with Gasteiger partial charge in [-0.2, -0.15) is 13.2 Å². The molecular weight excluding hydrogens is 265 g/mol. The summed E-state index contributed by atoms with van der Waals surface area (Å²) in [5, 5.41) is 2.98. The van der Waals surface area contributed by atoms with Crippen LogP contribution in [-0.4, -0.2) is 12.2 Å². The van der Waals surface area contributed by atoms with Crippen molar-refractivity contribution in [2.75, 3.05) is 0 Å². The lowest BCUT2D eigenvalue weighted by atomic mass is 10.1. The van der Waals surface area contributed by atoms with E-state index in [4.69, 9.17) is 0 Å². The van der Waals surface area contributed by atoms with Gasteiger partial charge < -0.3 is 5.32 Å². The van der Waals surface area contributed by atoms with Crippen molar-refractivity contribution in [1.29, 1.82) is 0 Å². The second kappa shape index (κ2) is 6.84. The van der Waals surface area contributed by atoms with Gasteiger partial charge >= 0.3 is 6.18 Å². The number of alkyl halides is 3. The molecule has 0 saturated heterocycles. The maximum atomic E-state index is 12.9. The van der Waals surface area contributed by atoms with Crippen LogP contribution in [0.2, 0.25) is 0 Å². The zero-order valence-electron chi connectivity index (χ0n) is 10.5. The molecule has 0 spiro atoms. The van der Waals surface area contributed by atoms with Crippen LogP contribution in [-0.2, 0) is 6.54 Å². The Kier molecular flexibility index (Phi) is 5.72. The maximum absolute atomic E-state index is 12.9. The number of nitrogens with one attached hydrogen (secondary N) is 1. The van der Waals surface area contributed by atoms with E-state index in [1.54, 1.807) is 6.92 Å². The van der Waals surface area contributed by atoms with E-state index in [9.17, 15) is 22.0 Å². The van der Waals surface area contributed by atoms with E-state index >= 15 is 0 Å². The fourth-order valence-electron chi connectivity index (χ4n) is 1.65. The fraction of sp³-hybridized carbons (Fsp3) is 0.538. The molecular formula is C13H16F5N. The Balaban J connectivity index is 2.29. The van der Waals surface area contributed by atoms with E-state index in [-0.39, 0.29) is 12.5 Å². The van der Waals surface area contributed by atoms with Crippen molar-refractivity contribution in [3.8, 4) is 0 Å². The Hall–Kier alpha value is -1.17. The van der Waals surface area contributed by atoms with Crippen molar-refractivity contribution in [2.24, 2.45) is 0 Å². The quantitative estimate of drug-likeness (QED) is 0.771. The Morgan fingerprint density at radius 3 is 2.42 bits per heavy atom. The second-order valence-corrected chi connectivity index (χ2v) is 4.54. The molecule has 1 atom stereocenters. The molecule has 19 heavy (non-hydrogen) atoms. The summed E-state index contributed by atoms with van der Waals surface area (Å²) in [6, 6.07) is 3.43. The molecule has 0 amide bonds. The molecule has 1 rings (SSSR count). The first-order chi connectivity index (χ1) is 8.78. The van der Waals surface area contributed by atoms with E-state index in [1.165, 1.54) is 6.07 Å². The van der Waals surface area contributed by atoms with Gasteiger partial charge in [-0.05, 0) is 37.5 Å². The summed E-state index contributed by atoms with van der Waals surface area (Å²) in [5.41, 5.74) is 0.557. The van der Waals surface area contributed by atoms with Crippen LogP contribution in [0.15, 0.2) is 18.2 Å². The van der Waals surface area contributed by atoms with Crippen molar-refractivity contribution >= 4 is 0 Å². The van der Waals surface area contributed by atoms with Crippen molar-refractivity contribution in [1.82, 2.24) is 5.32 Å². The molecule has 0 aliphatic heterocycles. The molecule has 1 unspecified atom stereocenters. The summed E-state index contributed by atoms with van der Waals surface area (Å²) in [6.45, 7) is 2.06. The van der Waals surface area contributed by atoms with Gasteiger partial charge in [0.05, 0.1) is 0 Å². The Bertz CT molecular complexity index is 403. The van der Waals surface area contributed by atoms with Gasteiger partial charge in [0.15, 0.2) is 11.6 Å². The highest BCUT2D eigenvalue weighted by molar-refractivity contribution is 5.17. The summed E-state index contributed by atoms with van der Waals surface area (Å²) in [6.07, 6.45) is -4.50. The predicted molar refractivity (Wildman–Crippen MR) is 62.6 cm³/mol. The lowest BCUT2D eigenvalue weighted by Crippen LogP contribution is -2.26. The molecule has 0 heterocycles. The van der Waals surface area contributed by atoms with Crippen molar-refractivity contribution in [3.05, 3.63) is 35.4 Å². The van der Waals surface area contributed by atoms with Gasteiger partial charge in [-0.1, -0.05) is 6.07 Å². The largest absolute Gasteiger partial charge is 0.389 e. The van der Waals surface area contributed by atoms with Crippen LogP contribution in [0.5, 0.6) is 0 Å². The van der Waals surface area contributed by atoms with Crippen LogP contribution in [0, 0.1) is 11.6 Å². The normalized spacial score (nSPS) is 13.6. The van der Waals surface area contributed by atoms with E-state index in [2.05, 4.69) is 5.32 Å². The van der Waals surface area contributed by atoms with Crippen LogP contribution in [0.4, 0.5) is 22.0 Å². The number of benzene rings is 1. The molecule has 0 saturated carbocycles. The number of halogens is 5. The number of hydrogen-bond acceptors (Lipinski definition) is 1. The fourth-order valence-corrected chi connectivity index (χ4v) is 1.65. The number of rotatable bonds is 6. The minimum atomic E-state index is -4.13.